The molecule has 0 fully saturated rings. The molecule has 2 aromatic carbocycles. The van der Waals surface area contributed by atoms with Gasteiger partial charge in [-0.3, -0.25) is 19.0 Å². The van der Waals surface area contributed by atoms with E-state index in [1.807, 2.05) is 0 Å². The van der Waals surface area contributed by atoms with Crippen LogP contribution >= 0.6 is 11.6 Å². The van der Waals surface area contributed by atoms with Crippen LogP contribution in [-0.2, 0) is 16.0 Å². The molecule has 30 heavy (non-hydrogen) atoms. The zero-order chi connectivity index (χ0) is 22.0. The number of nitrogens with zero attached hydrogens (tertiary/aromatic N) is 1. The number of aliphatic carboxylic acids is 1. The summed E-state index contributed by atoms with van der Waals surface area (Å²) in [5, 5.41) is 21.4. The minimum absolute atomic E-state index is 0.0387. The molecule has 7 nitrogen and oxygen atoms in total. The second kappa shape index (κ2) is 8.54. The highest BCUT2D eigenvalue weighted by molar-refractivity contribution is 6.30. The molecule has 0 aliphatic heterocycles. The second-order valence-corrected chi connectivity index (χ2v) is 7.11. The predicted octanol–water partition coefficient (Wildman–Crippen LogP) is 3.27. The third-order valence-corrected chi connectivity index (χ3v) is 4.96. The monoisotopic (exact) mass is 432 g/mol. The third kappa shape index (κ3) is 4.13. The molecule has 1 heterocycles. The lowest BCUT2D eigenvalue weighted by Crippen LogP contribution is -2.27. The topological polar surface area (TPSA) is 109 Å². The van der Waals surface area contributed by atoms with E-state index in [2.05, 4.69) is 5.32 Å². The van der Waals surface area contributed by atoms with Gasteiger partial charge in [0.25, 0.3) is 5.91 Å². The first-order valence-corrected chi connectivity index (χ1v) is 9.38. The van der Waals surface area contributed by atoms with Crippen molar-refractivity contribution in [2.24, 2.45) is 0 Å². The molecule has 0 aliphatic carbocycles. The van der Waals surface area contributed by atoms with Crippen LogP contribution in [0.25, 0.3) is 10.9 Å². The van der Waals surface area contributed by atoms with Gasteiger partial charge in [-0.1, -0.05) is 11.6 Å². The van der Waals surface area contributed by atoms with Crippen LogP contribution in [0.4, 0.5) is 4.39 Å². The number of nitrogens with one attached hydrogen (secondary N) is 1. The Bertz CT molecular complexity index is 1150. The molecule has 0 saturated carbocycles. The summed E-state index contributed by atoms with van der Waals surface area (Å²) in [6.07, 6.45) is -0.542. The summed E-state index contributed by atoms with van der Waals surface area (Å²) >= 11 is 5.87. The Kier molecular flexibility index (Phi) is 6.07. The van der Waals surface area contributed by atoms with Gasteiger partial charge >= 0.3 is 5.97 Å². The number of carbonyl (C=O) groups excluding carboxylic acids is 2. The minimum Gasteiger partial charge on any atom is -0.505 e. The maximum atomic E-state index is 14.8. The molecule has 0 spiro atoms. The number of phenols is 1. The van der Waals surface area contributed by atoms with Gasteiger partial charge in [0, 0.05) is 28.2 Å². The fourth-order valence-corrected chi connectivity index (χ4v) is 3.38. The van der Waals surface area contributed by atoms with E-state index < -0.39 is 29.4 Å². The van der Waals surface area contributed by atoms with Crippen LogP contribution in [-0.4, -0.2) is 39.1 Å². The molecule has 1 aromatic heterocycles. The predicted molar refractivity (Wildman–Crippen MR) is 108 cm³/mol. The highest BCUT2D eigenvalue weighted by Crippen LogP contribution is 2.33. The van der Waals surface area contributed by atoms with Crippen LogP contribution in [0.3, 0.4) is 0 Å². The lowest BCUT2D eigenvalue weighted by atomic mass is 10.1. The van der Waals surface area contributed by atoms with E-state index in [1.165, 1.54) is 22.8 Å². The first kappa shape index (κ1) is 21.3. The van der Waals surface area contributed by atoms with Gasteiger partial charge in [0.2, 0.25) is 5.91 Å². The second-order valence-electron chi connectivity index (χ2n) is 6.67. The van der Waals surface area contributed by atoms with Gasteiger partial charge in [0.1, 0.15) is 0 Å². The van der Waals surface area contributed by atoms with Crippen molar-refractivity contribution in [3.8, 4) is 5.75 Å². The number of carboxylic acids is 1. The van der Waals surface area contributed by atoms with Crippen LogP contribution in [0.1, 0.15) is 28.0 Å². The molecular weight excluding hydrogens is 415 g/mol. The highest BCUT2D eigenvalue weighted by atomic mass is 35.5. The Morgan fingerprint density at radius 2 is 1.80 bits per heavy atom. The van der Waals surface area contributed by atoms with Gasteiger partial charge in [-0.2, -0.15) is 0 Å². The molecule has 1 amide bonds. The number of carbonyl (C=O) groups is 3. The molecule has 156 valence electrons. The summed E-state index contributed by atoms with van der Waals surface area (Å²) in [6.45, 7) is 1.49. The molecular formula is C21H18ClFN2O5. The summed E-state index contributed by atoms with van der Waals surface area (Å²) in [5.74, 6) is -3.58. The number of hydrogen-bond donors (Lipinski definition) is 3. The summed E-state index contributed by atoms with van der Waals surface area (Å²) in [4.78, 5) is 36.0. The summed E-state index contributed by atoms with van der Waals surface area (Å²) in [6, 6.07) is 8.72. The maximum Gasteiger partial charge on any atom is 0.305 e. The molecule has 9 heteroatoms. The largest absolute Gasteiger partial charge is 0.505 e. The van der Waals surface area contributed by atoms with Crippen LogP contribution in [0.2, 0.25) is 5.02 Å². The summed E-state index contributed by atoms with van der Waals surface area (Å²) in [5.41, 5.74) is 1.08. The van der Waals surface area contributed by atoms with E-state index in [4.69, 9.17) is 16.7 Å². The van der Waals surface area contributed by atoms with Crippen molar-refractivity contribution in [3.05, 3.63) is 64.1 Å². The van der Waals surface area contributed by atoms with E-state index >= 15 is 0 Å². The summed E-state index contributed by atoms with van der Waals surface area (Å²) in [7, 11) is 0. The first-order chi connectivity index (χ1) is 14.2. The third-order valence-electron chi connectivity index (χ3n) is 4.71. The molecule has 3 rings (SSSR count). The van der Waals surface area contributed by atoms with Crippen molar-refractivity contribution in [2.45, 2.75) is 19.8 Å². The van der Waals surface area contributed by atoms with Crippen LogP contribution in [0.5, 0.6) is 5.75 Å². The fourth-order valence-electron chi connectivity index (χ4n) is 3.26. The number of aromatic nitrogens is 1. The molecule has 0 radical (unpaired) electrons. The Morgan fingerprint density at radius 1 is 1.13 bits per heavy atom. The Balaban J connectivity index is 2.07. The fraction of sp³-hybridized carbons (Fsp3) is 0.190. The van der Waals surface area contributed by atoms with Crippen molar-refractivity contribution in [2.75, 3.05) is 6.54 Å². The zero-order valence-electron chi connectivity index (χ0n) is 15.9. The van der Waals surface area contributed by atoms with Crippen molar-refractivity contribution in [3.63, 3.8) is 0 Å². The molecule has 0 unspecified atom stereocenters. The smallest absolute Gasteiger partial charge is 0.305 e. The van der Waals surface area contributed by atoms with Crippen molar-refractivity contribution >= 4 is 40.3 Å². The van der Waals surface area contributed by atoms with Gasteiger partial charge in [0.15, 0.2) is 11.6 Å². The number of phenolic OH excluding ortho intramolecular Hbond substituents is 1. The minimum atomic E-state index is -1.06. The van der Waals surface area contributed by atoms with Crippen molar-refractivity contribution < 1.29 is 29.0 Å². The Morgan fingerprint density at radius 3 is 2.43 bits per heavy atom. The van der Waals surface area contributed by atoms with Crippen molar-refractivity contribution in [1.82, 2.24) is 9.88 Å². The molecule has 3 N–H and O–H groups in total. The van der Waals surface area contributed by atoms with Crippen LogP contribution in [0, 0.1) is 12.7 Å². The quantitative estimate of drug-likeness (QED) is 0.554. The van der Waals surface area contributed by atoms with Crippen molar-refractivity contribution in [1.29, 1.82) is 0 Å². The van der Waals surface area contributed by atoms with Gasteiger partial charge in [-0.15, -0.1) is 0 Å². The van der Waals surface area contributed by atoms with Gasteiger partial charge in [-0.25, -0.2) is 4.39 Å². The average Bonchev–Trinajstić information content (AvgIpc) is 2.96. The SMILES string of the molecule is Cc1c(CC(=O)NCCC(=O)O)c2c(F)c(O)ccc2n1C(=O)c1ccc(Cl)cc1. The number of rotatable bonds is 6. The molecule has 0 aliphatic rings. The highest BCUT2D eigenvalue weighted by Gasteiger charge is 2.25. The van der Waals surface area contributed by atoms with E-state index in [0.717, 1.165) is 6.07 Å². The van der Waals surface area contributed by atoms with Gasteiger partial charge in [-0.05, 0) is 48.9 Å². The number of benzene rings is 2. The van der Waals surface area contributed by atoms with E-state index in [9.17, 15) is 23.9 Å². The number of fused-ring (bicyclic) bond motifs is 1. The molecule has 3 aromatic rings. The molecule has 0 saturated heterocycles. The standard InChI is InChI=1S/C21H18ClFN2O5/c1-11-14(10-17(27)24-9-8-18(28)29)19-15(6-7-16(26)20(19)23)25(11)21(30)12-2-4-13(22)5-3-12/h2-7,26H,8-10H2,1H3,(H,24,27)(H,28,29). The Labute approximate surface area is 175 Å². The molecule has 0 bridgehead atoms. The lowest BCUT2D eigenvalue weighted by molar-refractivity contribution is -0.136. The number of halogens is 2. The zero-order valence-corrected chi connectivity index (χ0v) is 16.7. The normalized spacial score (nSPS) is 10.9. The van der Waals surface area contributed by atoms with Crippen LogP contribution in [0.15, 0.2) is 36.4 Å². The Hall–Kier alpha value is -3.39. The van der Waals surface area contributed by atoms with E-state index in [1.54, 1.807) is 19.1 Å². The van der Waals surface area contributed by atoms with E-state index in [0.29, 0.717) is 16.3 Å². The number of amides is 1. The number of aromatic hydroxyl groups is 1. The number of carboxylic acid groups (broad SMARTS) is 1. The average molecular weight is 433 g/mol. The van der Waals surface area contributed by atoms with Gasteiger partial charge in [0.05, 0.1) is 18.4 Å². The maximum absolute atomic E-state index is 14.8. The summed E-state index contributed by atoms with van der Waals surface area (Å²) < 4.78 is 16.1. The van der Waals surface area contributed by atoms with E-state index in [-0.39, 0.29) is 35.9 Å². The first-order valence-electron chi connectivity index (χ1n) is 9.00. The lowest BCUT2D eigenvalue weighted by Gasteiger charge is -2.08. The number of hydrogen-bond acceptors (Lipinski definition) is 4. The van der Waals surface area contributed by atoms with Gasteiger partial charge < -0.3 is 15.5 Å². The van der Waals surface area contributed by atoms with Crippen LogP contribution < -0.4 is 5.32 Å². The molecule has 0 atom stereocenters.